The third-order valence-electron chi connectivity index (χ3n) is 3.23. The largest absolute Gasteiger partial charge is 0.389 e. The molecule has 2 fully saturated rings. The maximum Gasteiger partial charge on any atom is 0.171 e. The second kappa shape index (κ2) is 4.26. The zero-order valence-corrected chi connectivity index (χ0v) is 10.5. The van der Waals surface area contributed by atoms with Crippen LogP contribution in [0.25, 0.3) is 0 Å². The van der Waals surface area contributed by atoms with Crippen LogP contribution < -0.4 is 0 Å². The smallest absolute Gasteiger partial charge is 0.171 e. The first-order chi connectivity index (χ1) is 7.39. The van der Waals surface area contributed by atoms with E-state index in [1.807, 2.05) is 13.8 Å². The van der Waals surface area contributed by atoms with E-state index in [9.17, 15) is 5.11 Å². The highest BCUT2D eigenvalue weighted by Gasteiger charge is 2.42. The highest BCUT2D eigenvalue weighted by Crippen LogP contribution is 2.34. The van der Waals surface area contributed by atoms with E-state index in [-0.39, 0.29) is 11.9 Å². The third-order valence-corrected chi connectivity index (χ3v) is 3.23. The molecule has 0 radical (unpaired) electrons. The molecule has 0 saturated carbocycles. The van der Waals surface area contributed by atoms with Crippen LogP contribution in [-0.2, 0) is 9.47 Å². The lowest BCUT2D eigenvalue weighted by molar-refractivity contribution is -0.195. The minimum atomic E-state index is -0.616. The number of rotatable bonds is 2. The average Bonchev–Trinajstić information content (AvgIpc) is 2.51. The van der Waals surface area contributed by atoms with Gasteiger partial charge in [-0.05, 0) is 20.8 Å². The molecular formula is C12H23NO3. The number of hydrogen-bond donors (Lipinski definition) is 1. The molecule has 1 unspecified atom stereocenters. The molecule has 94 valence electrons. The van der Waals surface area contributed by atoms with Crippen LogP contribution in [0.2, 0.25) is 0 Å². The van der Waals surface area contributed by atoms with Crippen molar-refractivity contribution in [3.05, 3.63) is 0 Å². The lowest BCUT2D eigenvalue weighted by Crippen LogP contribution is -2.49. The first kappa shape index (κ1) is 12.3. The molecule has 1 N–H and O–H groups in total. The van der Waals surface area contributed by atoms with E-state index >= 15 is 0 Å². The summed E-state index contributed by atoms with van der Waals surface area (Å²) in [4.78, 5) is 2.28. The van der Waals surface area contributed by atoms with E-state index in [4.69, 9.17) is 9.47 Å². The summed E-state index contributed by atoms with van der Waals surface area (Å²) in [5.41, 5.74) is -0.616. The van der Waals surface area contributed by atoms with Gasteiger partial charge in [0.15, 0.2) is 5.79 Å². The molecule has 0 aromatic carbocycles. The lowest BCUT2D eigenvalue weighted by atomic mass is 10.0. The fraction of sp³-hybridized carbons (Fsp3) is 1.00. The second-order valence-electron chi connectivity index (χ2n) is 5.74. The average molecular weight is 229 g/mol. The quantitative estimate of drug-likeness (QED) is 0.766. The normalized spacial score (nSPS) is 31.1. The zero-order valence-electron chi connectivity index (χ0n) is 10.5. The summed E-state index contributed by atoms with van der Waals surface area (Å²) in [6.07, 6.45) is 2.04. The summed E-state index contributed by atoms with van der Waals surface area (Å²) in [6, 6.07) is 0. The molecule has 0 aromatic heterocycles. The van der Waals surface area contributed by atoms with Crippen molar-refractivity contribution in [3.63, 3.8) is 0 Å². The predicted molar refractivity (Wildman–Crippen MR) is 61.2 cm³/mol. The van der Waals surface area contributed by atoms with Gasteiger partial charge in [0.1, 0.15) is 0 Å². The van der Waals surface area contributed by atoms with E-state index in [1.54, 1.807) is 0 Å². The molecule has 0 amide bonds. The van der Waals surface area contributed by atoms with Gasteiger partial charge in [-0.2, -0.15) is 0 Å². The van der Waals surface area contributed by atoms with Gasteiger partial charge in [-0.1, -0.05) is 0 Å². The first-order valence-electron chi connectivity index (χ1n) is 6.15. The van der Waals surface area contributed by atoms with Gasteiger partial charge >= 0.3 is 0 Å². The highest BCUT2D eigenvalue weighted by molar-refractivity contribution is 4.86. The third kappa shape index (κ3) is 2.94. The molecule has 2 saturated heterocycles. The molecule has 4 heteroatoms. The Balaban J connectivity index is 1.83. The maximum atomic E-state index is 9.76. The van der Waals surface area contributed by atoms with Gasteiger partial charge in [-0.15, -0.1) is 0 Å². The molecule has 4 nitrogen and oxygen atoms in total. The second-order valence-corrected chi connectivity index (χ2v) is 5.74. The van der Waals surface area contributed by atoms with Gasteiger partial charge < -0.3 is 19.5 Å². The highest BCUT2D eigenvalue weighted by atomic mass is 16.7. The van der Waals surface area contributed by atoms with Crippen molar-refractivity contribution in [2.24, 2.45) is 0 Å². The van der Waals surface area contributed by atoms with Crippen LogP contribution >= 0.6 is 0 Å². The molecule has 1 atom stereocenters. The summed E-state index contributed by atoms with van der Waals surface area (Å²) in [5, 5.41) is 9.76. The lowest BCUT2D eigenvalue weighted by Gasteiger charge is -2.39. The Bertz CT molecular complexity index is 241. The molecule has 2 aliphatic heterocycles. The first-order valence-corrected chi connectivity index (χ1v) is 6.15. The summed E-state index contributed by atoms with van der Waals surface area (Å²) < 4.78 is 11.6. The van der Waals surface area contributed by atoms with Crippen molar-refractivity contribution in [1.29, 1.82) is 0 Å². The number of aliphatic hydroxyl groups is 1. The van der Waals surface area contributed by atoms with Crippen molar-refractivity contribution in [2.45, 2.75) is 51.1 Å². The SMILES string of the molecule is CC1COC2(CCN(CC(C)(C)O)CC2)O1. The van der Waals surface area contributed by atoms with Gasteiger partial charge in [-0.3, -0.25) is 0 Å². The summed E-state index contributed by atoms with van der Waals surface area (Å²) >= 11 is 0. The van der Waals surface area contributed by atoms with Crippen LogP contribution in [0.5, 0.6) is 0 Å². The molecule has 0 bridgehead atoms. The van der Waals surface area contributed by atoms with Crippen LogP contribution in [0.3, 0.4) is 0 Å². The zero-order chi connectivity index (χ0) is 11.8. The fourth-order valence-electron chi connectivity index (χ4n) is 2.57. The Morgan fingerprint density at radius 2 is 2.00 bits per heavy atom. The van der Waals surface area contributed by atoms with E-state index in [0.717, 1.165) is 32.5 Å². The van der Waals surface area contributed by atoms with E-state index in [1.165, 1.54) is 0 Å². The Morgan fingerprint density at radius 1 is 1.38 bits per heavy atom. The monoisotopic (exact) mass is 229 g/mol. The van der Waals surface area contributed by atoms with Gasteiger partial charge in [-0.25, -0.2) is 0 Å². The van der Waals surface area contributed by atoms with Crippen LogP contribution in [0, 0.1) is 0 Å². The van der Waals surface area contributed by atoms with Gasteiger partial charge in [0.2, 0.25) is 0 Å². The van der Waals surface area contributed by atoms with E-state index in [0.29, 0.717) is 6.61 Å². The van der Waals surface area contributed by atoms with Crippen molar-refractivity contribution < 1.29 is 14.6 Å². The molecular weight excluding hydrogens is 206 g/mol. The van der Waals surface area contributed by atoms with Gasteiger partial charge in [0.25, 0.3) is 0 Å². The topological polar surface area (TPSA) is 41.9 Å². The molecule has 1 spiro atoms. The van der Waals surface area contributed by atoms with Crippen LogP contribution in [0.4, 0.5) is 0 Å². The molecule has 16 heavy (non-hydrogen) atoms. The Morgan fingerprint density at radius 3 is 2.44 bits per heavy atom. The number of likely N-dealkylation sites (tertiary alicyclic amines) is 1. The van der Waals surface area contributed by atoms with E-state index in [2.05, 4.69) is 11.8 Å². The van der Waals surface area contributed by atoms with Gasteiger partial charge in [0.05, 0.1) is 18.3 Å². The van der Waals surface area contributed by atoms with Crippen molar-refractivity contribution in [1.82, 2.24) is 4.90 Å². The van der Waals surface area contributed by atoms with Crippen LogP contribution in [0.15, 0.2) is 0 Å². The fourth-order valence-corrected chi connectivity index (χ4v) is 2.57. The Labute approximate surface area is 97.5 Å². The molecule has 2 rings (SSSR count). The molecule has 0 aliphatic carbocycles. The van der Waals surface area contributed by atoms with Crippen LogP contribution in [0.1, 0.15) is 33.6 Å². The van der Waals surface area contributed by atoms with Crippen molar-refractivity contribution >= 4 is 0 Å². The minimum absolute atomic E-state index is 0.223. The standard InChI is InChI=1S/C12H23NO3/c1-10-8-15-12(16-10)4-6-13(7-5-12)9-11(2,3)14/h10,14H,4-9H2,1-3H3. The van der Waals surface area contributed by atoms with Crippen molar-refractivity contribution in [3.8, 4) is 0 Å². The molecule has 0 aromatic rings. The summed E-state index contributed by atoms with van der Waals surface area (Å²) in [7, 11) is 0. The number of nitrogens with zero attached hydrogens (tertiary/aromatic N) is 1. The number of β-amino-alcohol motifs (C(OH)–C–C–N with tert-alkyl or cyclic N) is 1. The Hall–Kier alpha value is -0.160. The number of hydrogen-bond acceptors (Lipinski definition) is 4. The van der Waals surface area contributed by atoms with Crippen molar-refractivity contribution in [2.75, 3.05) is 26.2 Å². The predicted octanol–water partition coefficient (Wildman–Crippen LogP) is 0.985. The Kier molecular flexibility index (Phi) is 3.27. The summed E-state index contributed by atoms with van der Waals surface area (Å²) in [5.74, 6) is -0.324. The number of ether oxygens (including phenoxy) is 2. The molecule has 2 aliphatic rings. The number of piperidine rings is 1. The van der Waals surface area contributed by atoms with Crippen LogP contribution in [-0.4, -0.2) is 53.7 Å². The summed E-state index contributed by atoms with van der Waals surface area (Å²) in [6.45, 7) is 9.07. The van der Waals surface area contributed by atoms with Gasteiger partial charge in [0, 0.05) is 32.5 Å². The molecule has 2 heterocycles. The maximum absolute atomic E-state index is 9.76. The van der Waals surface area contributed by atoms with E-state index < -0.39 is 5.60 Å². The minimum Gasteiger partial charge on any atom is -0.389 e.